The van der Waals surface area contributed by atoms with Crippen molar-refractivity contribution in [1.82, 2.24) is 26.6 Å². The Bertz CT molecular complexity index is 1250. The van der Waals surface area contributed by atoms with Gasteiger partial charge in [-0.15, -0.1) is 0 Å². The molecule has 0 bridgehead atoms. The first-order valence-electron chi connectivity index (χ1n) is 20.9. The summed E-state index contributed by atoms with van der Waals surface area (Å²) in [4.78, 5) is 93.8. The summed E-state index contributed by atoms with van der Waals surface area (Å²) in [6.07, 6.45) is 8.46. The maximum absolute atomic E-state index is 12.4. The molecule has 18 nitrogen and oxygen atoms in total. The van der Waals surface area contributed by atoms with Crippen LogP contribution in [0.5, 0.6) is 0 Å². The lowest BCUT2D eigenvalue weighted by atomic mass is 9.75. The Morgan fingerprint density at radius 3 is 1.90 bits per heavy atom. The van der Waals surface area contributed by atoms with Crippen molar-refractivity contribution in [2.45, 2.75) is 102 Å². The maximum Gasteiger partial charge on any atom is 0.326 e. The number of hydrogen-bond donors (Lipinski definition) is 7. The Morgan fingerprint density at radius 1 is 0.712 bits per heavy atom. The summed E-state index contributed by atoms with van der Waals surface area (Å²) in [6, 6.07) is -1.05. The molecular formula is C40H69N5O13S. The number of carbonyl (C=O) groups is 8. The first kappa shape index (κ1) is 53.4. The van der Waals surface area contributed by atoms with Gasteiger partial charge in [-0.25, -0.2) is 4.79 Å². The summed E-state index contributed by atoms with van der Waals surface area (Å²) in [5, 5.41) is 22.7. The highest BCUT2D eigenvalue weighted by atomic mass is 32.1. The molecule has 0 aliphatic heterocycles. The minimum atomic E-state index is -1.15. The third-order valence-corrected chi connectivity index (χ3v) is 10.7. The zero-order valence-electron chi connectivity index (χ0n) is 34.9. The van der Waals surface area contributed by atoms with Crippen molar-refractivity contribution < 1.29 is 62.4 Å². The molecule has 0 aromatic carbocycles. The van der Waals surface area contributed by atoms with Crippen molar-refractivity contribution in [3.8, 4) is 0 Å². The smallest absolute Gasteiger partial charge is 0.326 e. The summed E-state index contributed by atoms with van der Waals surface area (Å²) in [6.45, 7) is 5.88. The van der Waals surface area contributed by atoms with Gasteiger partial charge < -0.3 is 60.2 Å². The number of ether oxygens (including phenoxy) is 4. The van der Waals surface area contributed by atoms with E-state index < -0.39 is 17.9 Å². The summed E-state index contributed by atoms with van der Waals surface area (Å²) < 4.78 is 21.3. The SMILES string of the molecule is CCC(=O)NCCCCC(NC(=O)COCCOCCNC(=O)COCCOCCNC(=O)CCC(C=O)C1CCC(CNC(=O)CC(S)C(C)CC=O)CC1)C(=O)O. The summed E-state index contributed by atoms with van der Waals surface area (Å²) in [5.74, 6) is -1.93. The average molecular weight is 860 g/mol. The molecule has 5 amide bonds. The molecule has 0 spiro atoms. The number of aldehydes is 2. The summed E-state index contributed by atoms with van der Waals surface area (Å²) in [5.41, 5.74) is 0. The second kappa shape index (κ2) is 34.1. The van der Waals surface area contributed by atoms with E-state index in [-0.39, 0.29) is 125 Å². The minimum Gasteiger partial charge on any atom is -0.480 e. The maximum atomic E-state index is 12.4. The van der Waals surface area contributed by atoms with Gasteiger partial charge in [0.1, 0.15) is 31.8 Å². The molecule has 1 saturated carbocycles. The number of nitrogens with one attached hydrogen (secondary N) is 5. The first-order valence-corrected chi connectivity index (χ1v) is 21.4. The van der Waals surface area contributed by atoms with Crippen LogP contribution in [0.4, 0.5) is 0 Å². The van der Waals surface area contributed by atoms with Crippen LogP contribution in [0.2, 0.25) is 0 Å². The standard InChI is InChI=1S/C40H69N5O13S/c1-3-35(48)41-14-5-4-6-33(40(53)54)45-39(52)28-58-23-21-56-19-16-43-38(51)27-57-22-20-55-18-15-42-36(49)12-11-32(26-47)31-9-7-30(8-10-31)25-44-37(50)24-34(59)29(2)13-17-46/h17,26,29-34,59H,3-16,18-25,27-28H2,1-2H3,(H,41,48)(H,42,49)(H,43,51)(H,44,50)(H,45,52)(H,53,54). The van der Waals surface area contributed by atoms with Crippen LogP contribution in [0.1, 0.15) is 90.9 Å². The fourth-order valence-electron chi connectivity index (χ4n) is 6.32. The molecular weight excluding hydrogens is 791 g/mol. The molecule has 4 unspecified atom stereocenters. The molecule has 1 rings (SSSR count). The predicted octanol–water partition coefficient (Wildman–Crippen LogP) is 0.983. The van der Waals surface area contributed by atoms with Crippen molar-refractivity contribution in [3.63, 3.8) is 0 Å². The largest absolute Gasteiger partial charge is 0.480 e. The zero-order chi connectivity index (χ0) is 43.7. The number of carboxylic acids is 1. The summed E-state index contributed by atoms with van der Waals surface area (Å²) >= 11 is 4.45. The van der Waals surface area contributed by atoms with Gasteiger partial charge in [0.2, 0.25) is 29.5 Å². The number of rotatable bonds is 36. The lowest BCUT2D eigenvalue weighted by molar-refractivity contribution is -0.143. The van der Waals surface area contributed by atoms with E-state index in [4.69, 9.17) is 18.9 Å². The Labute approximate surface area is 353 Å². The molecule has 0 saturated heterocycles. The fraction of sp³-hybridized carbons (Fsp3) is 0.800. The quantitative estimate of drug-likeness (QED) is 0.0264. The van der Waals surface area contributed by atoms with Crippen molar-refractivity contribution in [1.29, 1.82) is 0 Å². The van der Waals surface area contributed by atoms with Crippen LogP contribution in [0, 0.1) is 23.7 Å². The highest BCUT2D eigenvalue weighted by molar-refractivity contribution is 7.81. The Hall–Kier alpha value is -3.65. The monoisotopic (exact) mass is 859 g/mol. The van der Waals surface area contributed by atoms with E-state index in [0.717, 1.165) is 38.3 Å². The number of carbonyl (C=O) groups excluding carboxylic acids is 7. The molecule has 1 aliphatic rings. The van der Waals surface area contributed by atoms with Gasteiger partial charge in [-0.3, -0.25) is 24.0 Å². The Morgan fingerprint density at radius 2 is 1.31 bits per heavy atom. The number of carboxylic acid groups (broad SMARTS) is 1. The van der Waals surface area contributed by atoms with Crippen LogP contribution in [0.15, 0.2) is 0 Å². The molecule has 0 aromatic rings. The van der Waals surface area contributed by atoms with E-state index in [1.807, 2.05) is 6.92 Å². The lowest BCUT2D eigenvalue weighted by Crippen LogP contribution is -2.42. The number of thiol groups is 1. The van der Waals surface area contributed by atoms with Crippen LogP contribution in [0.25, 0.3) is 0 Å². The van der Waals surface area contributed by atoms with Crippen molar-refractivity contribution in [3.05, 3.63) is 0 Å². The topological polar surface area (TPSA) is 254 Å². The van der Waals surface area contributed by atoms with Gasteiger partial charge in [-0.2, -0.15) is 12.6 Å². The van der Waals surface area contributed by atoms with E-state index in [1.165, 1.54) is 0 Å². The molecule has 19 heteroatoms. The average Bonchev–Trinajstić information content (AvgIpc) is 3.21. The Balaban J connectivity index is 2.00. The molecule has 6 N–H and O–H groups in total. The van der Waals surface area contributed by atoms with E-state index in [1.54, 1.807) is 6.92 Å². The number of hydrogen-bond acceptors (Lipinski definition) is 13. The van der Waals surface area contributed by atoms with Gasteiger partial charge in [0.25, 0.3) is 0 Å². The predicted molar refractivity (Wildman–Crippen MR) is 220 cm³/mol. The molecule has 1 aliphatic carbocycles. The fourth-order valence-corrected chi connectivity index (χ4v) is 6.60. The number of aliphatic carboxylic acids is 1. The van der Waals surface area contributed by atoms with Crippen LogP contribution in [0.3, 0.4) is 0 Å². The van der Waals surface area contributed by atoms with Gasteiger partial charge in [0, 0.05) is 63.0 Å². The normalized spacial score (nSPS) is 17.1. The first-order chi connectivity index (χ1) is 28.4. The van der Waals surface area contributed by atoms with Crippen LogP contribution in [-0.2, 0) is 57.3 Å². The summed E-state index contributed by atoms with van der Waals surface area (Å²) in [7, 11) is 0. The second-order valence-corrected chi connectivity index (χ2v) is 15.4. The number of unbranched alkanes of at least 4 members (excludes halogenated alkanes) is 1. The van der Waals surface area contributed by atoms with Crippen molar-refractivity contribution >= 4 is 60.7 Å². The van der Waals surface area contributed by atoms with E-state index >= 15 is 0 Å². The van der Waals surface area contributed by atoms with Crippen LogP contribution < -0.4 is 26.6 Å². The number of amides is 5. The van der Waals surface area contributed by atoms with Gasteiger partial charge >= 0.3 is 5.97 Å². The molecule has 4 atom stereocenters. The van der Waals surface area contributed by atoms with Gasteiger partial charge in [0.15, 0.2) is 0 Å². The highest BCUT2D eigenvalue weighted by Crippen LogP contribution is 2.34. The third kappa shape index (κ3) is 27.7. The van der Waals surface area contributed by atoms with E-state index in [0.29, 0.717) is 57.7 Å². The van der Waals surface area contributed by atoms with E-state index in [2.05, 4.69) is 39.2 Å². The minimum absolute atomic E-state index is 0.0347. The van der Waals surface area contributed by atoms with Gasteiger partial charge in [-0.1, -0.05) is 13.8 Å². The molecule has 59 heavy (non-hydrogen) atoms. The third-order valence-electron chi connectivity index (χ3n) is 10.0. The molecule has 0 radical (unpaired) electrons. The lowest BCUT2D eigenvalue weighted by Gasteiger charge is -2.31. The molecule has 0 aromatic heterocycles. The molecule has 0 heterocycles. The Kier molecular flexibility index (Phi) is 30.8. The van der Waals surface area contributed by atoms with Crippen LogP contribution >= 0.6 is 12.6 Å². The van der Waals surface area contributed by atoms with Gasteiger partial charge in [0.05, 0.1) is 39.6 Å². The van der Waals surface area contributed by atoms with Gasteiger partial charge in [-0.05, 0) is 69.1 Å². The zero-order valence-corrected chi connectivity index (χ0v) is 35.8. The van der Waals surface area contributed by atoms with Crippen LogP contribution in [-0.4, -0.2) is 144 Å². The van der Waals surface area contributed by atoms with Crippen molar-refractivity contribution in [2.75, 3.05) is 79.0 Å². The molecule has 338 valence electrons. The molecule has 1 fully saturated rings. The van der Waals surface area contributed by atoms with E-state index in [9.17, 15) is 43.5 Å². The van der Waals surface area contributed by atoms with Crippen molar-refractivity contribution in [2.24, 2.45) is 23.7 Å². The highest BCUT2D eigenvalue weighted by Gasteiger charge is 2.28. The second-order valence-electron chi connectivity index (χ2n) is 14.8.